The van der Waals surface area contributed by atoms with E-state index in [2.05, 4.69) is 15.5 Å². The molecule has 0 bridgehead atoms. The van der Waals surface area contributed by atoms with Crippen LogP contribution in [0.25, 0.3) is 11.0 Å². The standard InChI is InChI=1S/C21H23FN4O/c1-24-19-5-3-2-4-18(19)23-20(24)15-25-10-12-26(13-11-25)21(27)14-16-6-8-17(22)9-7-16/h2-9H,10-15H2,1H3. The lowest BCUT2D eigenvalue weighted by molar-refractivity contribution is -0.132. The fourth-order valence-electron chi connectivity index (χ4n) is 3.58. The zero-order valence-corrected chi connectivity index (χ0v) is 15.4. The number of fused-ring (bicyclic) bond motifs is 1. The molecular formula is C21H23FN4O. The van der Waals surface area contributed by atoms with Crippen LogP contribution in [0.15, 0.2) is 48.5 Å². The minimum atomic E-state index is -0.276. The van der Waals surface area contributed by atoms with Crippen molar-refractivity contribution in [1.29, 1.82) is 0 Å². The van der Waals surface area contributed by atoms with Gasteiger partial charge in [0.25, 0.3) is 0 Å². The Morgan fingerprint density at radius 2 is 1.74 bits per heavy atom. The molecular weight excluding hydrogens is 343 g/mol. The molecule has 2 heterocycles. The molecule has 1 saturated heterocycles. The fraction of sp³-hybridized carbons (Fsp3) is 0.333. The predicted molar refractivity (Wildman–Crippen MR) is 103 cm³/mol. The molecule has 0 spiro atoms. The molecule has 3 aromatic rings. The van der Waals surface area contributed by atoms with Crippen molar-refractivity contribution in [2.75, 3.05) is 26.2 Å². The van der Waals surface area contributed by atoms with E-state index in [-0.39, 0.29) is 11.7 Å². The number of aryl methyl sites for hydroxylation is 1. The van der Waals surface area contributed by atoms with E-state index in [1.54, 1.807) is 12.1 Å². The van der Waals surface area contributed by atoms with Crippen LogP contribution >= 0.6 is 0 Å². The Morgan fingerprint density at radius 1 is 1.04 bits per heavy atom. The van der Waals surface area contributed by atoms with Crippen molar-refractivity contribution in [2.45, 2.75) is 13.0 Å². The van der Waals surface area contributed by atoms with Gasteiger partial charge in [-0.25, -0.2) is 9.37 Å². The summed E-state index contributed by atoms with van der Waals surface area (Å²) in [6.07, 6.45) is 0.324. The molecule has 0 N–H and O–H groups in total. The lowest BCUT2D eigenvalue weighted by Gasteiger charge is -2.34. The summed E-state index contributed by atoms with van der Waals surface area (Å²) < 4.78 is 15.1. The molecule has 27 heavy (non-hydrogen) atoms. The van der Waals surface area contributed by atoms with Gasteiger partial charge in [0.15, 0.2) is 0 Å². The summed E-state index contributed by atoms with van der Waals surface area (Å²) in [7, 11) is 2.05. The van der Waals surface area contributed by atoms with Crippen LogP contribution < -0.4 is 0 Å². The van der Waals surface area contributed by atoms with Gasteiger partial charge in [-0.05, 0) is 29.8 Å². The first kappa shape index (κ1) is 17.7. The third-order valence-electron chi connectivity index (χ3n) is 5.24. The normalized spacial score (nSPS) is 15.4. The molecule has 1 amide bonds. The summed E-state index contributed by atoms with van der Waals surface area (Å²) in [6, 6.07) is 14.3. The van der Waals surface area contributed by atoms with Crippen molar-refractivity contribution in [1.82, 2.24) is 19.4 Å². The number of para-hydroxylation sites is 2. The van der Waals surface area contributed by atoms with E-state index in [0.29, 0.717) is 19.5 Å². The molecule has 0 unspecified atom stereocenters. The molecule has 2 aromatic carbocycles. The van der Waals surface area contributed by atoms with E-state index in [0.717, 1.165) is 42.1 Å². The van der Waals surface area contributed by atoms with Gasteiger partial charge in [-0.1, -0.05) is 24.3 Å². The molecule has 1 aliphatic rings. The quantitative estimate of drug-likeness (QED) is 0.713. The van der Waals surface area contributed by atoms with Crippen LogP contribution in [0.2, 0.25) is 0 Å². The topological polar surface area (TPSA) is 41.4 Å². The van der Waals surface area contributed by atoms with Gasteiger partial charge in [0.2, 0.25) is 5.91 Å². The number of imidazole rings is 1. The Hall–Kier alpha value is -2.73. The van der Waals surface area contributed by atoms with Crippen molar-refractivity contribution < 1.29 is 9.18 Å². The van der Waals surface area contributed by atoms with E-state index >= 15 is 0 Å². The Kier molecular flexibility index (Phi) is 4.90. The van der Waals surface area contributed by atoms with Gasteiger partial charge in [-0.2, -0.15) is 0 Å². The number of hydrogen-bond donors (Lipinski definition) is 0. The number of benzene rings is 2. The zero-order chi connectivity index (χ0) is 18.8. The number of amides is 1. The first-order chi connectivity index (χ1) is 13.1. The van der Waals surface area contributed by atoms with Crippen molar-refractivity contribution in [2.24, 2.45) is 7.05 Å². The van der Waals surface area contributed by atoms with Crippen molar-refractivity contribution in [3.8, 4) is 0 Å². The number of halogens is 1. The molecule has 4 rings (SSSR count). The number of hydrogen-bond acceptors (Lipinski definition) is 3. The first-order valence-corrected chi connectivity index (χ1v) is 9.25. The van der Waals surface area contributed by atoms with Crippen LogP contribution in [0, 0.1) is 5.82 Å². The second kappa shape index (κ2) is 7.48. The third-order valence-corrected chi connectivity index (χ3v) is 5.24. The van der Waals surface area contributed by atoms with Gasteiger partial charge < -0.3 is 9.47 Å². The first-order valence-electron chi connectivity index (χ1n) is 9.25. The maximum atomic E-state index is 13.0. The van der Waals surface area contributed by atoms with Gasteiger partial charge in [-0.3, -0.25) is 9.69 Å². The number of rotatable bonds is 4. The number of aromatic nitrogens is 2. The summed E-state index contributed by atoms with van der Waals surface area (Å²) in [5.41, 5.74) is 3.01. The molecule has 1 fully saturated rings. The van der Waals surface area contributed by atoms with Gasteiger partial charge >= 0.3 is 0 Å². The summed E-state index contributed by atoms with van der Waals surface area (Å²) >= 11 is 0. The van der Waals surface area contributed by atoms with Crippen molar-refractivity contribution >= 4 is 16.9 Å². The number of piperazine rings is 1. The summed E-state index contributed by atoms with van der Waals surface area (Å²) in [5.74, 6) is 0.869. The van der Waals surface area contributed by atoms with E-state index in [1.807, 2.05) is 30.1 Å². The van der Waals surface area contributed by atoms with E-state index in [9.17, 15) is 9.18 Å². The molecule has 0 atom stereocenters. The highest BCUT2D eigenvalue weighted by Gasteiger charge is 2.22. The smallest absolute Gasteiger partial charge is 0.227 e. The van der Waals surface area contributed by atoms with Crippen LogP contribution in [0.5, 0.6) is 0 Å². The SMILES string of the molecule is Cn1c(CN2CCN(C(=O)Cc3ccc(F)cc3)CC2)nc2ccccc21. The molecule has 0 saturated carbocycles. The van der Waals surface area contributed by atoms with Crippen LogP contribution in [0.4, 0.5) is 4.39 Å². The Labute approximate surface area is 158 Å². The van der Waals surface area contributed by atoms with Gasteiger partial charge in [0, 0.05) is 33.2 Å². The minimum absolute atomic E-state index is 0.101. The van der Waals surface area contributed by atoms with Crippen LogP contribution in [-0.2, 0) is 24.8 Å². The molecule has 0 radical (unpaired) electrons. The lowest BCUT2D eigenvalue weighted by atomic mass is 10.1. The third kappa shape index (κ3) is 3.85. The largest absolute Gasteiger partial charge is 0.340 e. The average Bonchev–Trinajstić information content (AvgIpc) is 3.00. The average molecular weight is 366 g/mol. The Morgan fingerprint density at radius 3 is 2.44 bits per heavy atom. The summed E-state index contributed by atoms with van der Waals surface area (Å²) in [6.45, 7) is 3.87. The second-order valence-corrected chi connectivity index (χ2v) is 7.04. The molecule has 1 aromatic heterocycles. The summed E-state index contributed by atoms with van der Waals surface area (Å²) in [5, 5.41) is 0. The highest BCUT2D eigenvalue weighted by molar-refractivity contribution is 5.79. The maximum Gasteiger partial charge on any atom is 0.227 e. The van der Waals surface area contributed by atoms with Gasteiger partial charge in [0.1, 0.15) is 11.6 Å². The monoisotopic (exact) mass is 366 g/mol. The number of carbonyl (C=O) groups is 1. The highest BCUT2D eigenvalue weighted by Crippen LogP contribution is 2.16. The highest BCUT2D eigenvalue weighted by atomic mass is 19.1. The number of carbonyl (C=O) groups excluding carboxylic acids is 1. The lowest BCUT2D eigenvalue weighted by Crippen LogP contribution is -2.48. The van der Waals surface area contributed by atoms with E-state index in [1.165, 1.54) is 12.1 Å². The molecule has 1 aliphatic heterocycles. The van der Waals surface area contributed by atoms with E-state index < -0.39 is 0 Å². The van der Waals surface area contributed by atoms with Crippen LogP contribution in [-0.4, -0.2) is 51.4 Å². The summed E-state index contributed by atoms with van der Waals surface area (Å²) in [4.78, 5) is 21.5. The number of nitrogens with zero attached hydrogens (tertiary/aromatic N) is 4. The van der Waals surface area contributed by atoms with Crippen LogP contribution in [0.3, 0.4) is 0 Å². The van der Waals surface area contributed by atoms with Gasteiger partial charge in [-0.15, -0.1) is 0 Å². The van der Waals surface area contributed by atoms with E-state index in [4.69, 9.17) is 4.98 Å². The molecule has 5 nitrogen and oxygen atoms in total. The Balaban J connectivity index is 1.33. The molecule has 140 valence electrons. The second-order valence-electron chi connectivity index (χ2n) is 7.04. The molecule has 6 heteroatoms. The maximum absolute atomic E-state index is 13.0. The Bertz CT molecular complexity index is 942. The van der Waals surface area contributed by atoms with Crippen molar-refractivity contribution in [3.63, 3.8) is 0 Å². The fourth-order valence-corrected chi connectivity index (χ4v) is 3.58. The molecule has 0 aliphatic carbocycles. The van der Waals surface area contributed by atoms with Crippen molar-refractivity contribution in [3.05, 3.63) is 65.7 Å². The van der Waals surface area contributed by atoms with Gasteiger partial charge in [0.05, 0.1) is 24.0 Å². The minimum Gasteiger partial charge on any atom is -0.340 e. The van der Waals surface area contributed by atoms with Crippen LogP contribution in [0.1, 0.15) is 11.4 Å². The predicted octanol–water partition coefficient (Wildman–Crippen LogP) is 2.60. The zero-order valence-electron chi connectivity index (χ0n) is 15.4.